The largest absolute Gasteiger partial charge is 0.359 e. The van der Waals surface area contributed by atoms with Gasteiger partial charge in [-0.1, -0.05) is 5.16 Å². The molecule has 0 saturated heterocycles. The van der Waals surface area contributed by atoms with Crippen LogP contribution in [0.5, 0.6) is 0 Å². The fourth-order valence-corrected chi connectivity index (χ4v) is 3.35. The van der Waals surface area contributed by atoms with Crippen LogP contribution in [0.25, 0.3) is 11.3 Å². The fraction of sp³-hybridized carbons (Fsp3) is 0.312. The molecule has 0 bridgehead atoms. The van der Waals surface area contributed by atoms with Crippen molar-refractivity contribution in [3.63, 3.8) is 0 Å². The number of hydrogen-bond acceptors (Lipinski definition) is 6. The summed E-state index contributed by atoms with van der Waals surface area (Å²) in [4.78, 5) is 12.1. The Hall–Kier alpha value is -2.72. The quantitative estimate of drug-likeness (QED) is 0.653. The molecule has 0 fully saturated rings. The van der Waals surface area contributed by atoms with Gasteiger partial charge in [0.2, 0.25) is 10.0 Å². The van der Waals surface area contributed by atoms with E-state index in [0.29, 0.717) is 11.5 Å². The minimum Gasteiger partial charge on any atom is -0.359 e. The van der Waals surface area contributed by atoms with Gasteiger partial charge in [-0.05, 0) is 13.0 Å². The van der Waals surface area contributed by atoms with Gasteiger partial charge in [0.15, 0.2) is 5.76 Å². The van der Waals surface area contributed by atoms with Crippen molar-refractivity contribution < 1.29 is 12.9 Å². The van der Waals surface area contributed by atoms with Gasteiger partial charge >= 0.3 is 0 Å². The first-order chi connectivity index (χ1) is 12.2. The summed E-state index contributed by atoms with van der Waals surface area (Å²) in [6.07, 6.45) is 2.99. The van der Waals surface area contributed by atoms with Gasteiger partial charge < -0.3 is 9.09 Å². The molecule has 0 amide bonds. The second kappa shape index (κ2) is 6.54. The third-order valence-corrected chi connectivity index (χ3v) is 5.93. The Morgan fingerprint density at radius 1 is 1.27 bits per heavy atom. The SMILES string of the molecule is Cc1c(-c2cc(Cn3cc(S(=O)(=O)N(C)C)ccc3=O)on2)cnn1C. The molecule has 26 heavy (non-hydrogen) atoms. The highest BCUT2D eigenvalue weighted by molar-refractivity contribution is 7.89. The van der Waals surface area contributed by atoms with Crippen molar-refractivity contribution in [2.45, 2.75) is 18.4 Å². The molecule has 3 rings (SSSR count). The van der Waals surface area contributed by atoms with Gasteiger partial charge in [0.05, 0.1) is 17.6 Å². The second-order valence-electron chi connectivity index (χ2n) is 6.06. The lowest BCUT2D eigenvalue weighted by Gasteiger charge is -2.12. The van der Waals surface area contributed by atoms with E-state index < -0.39 is 10.0 Å². The zero-order chi connectivity index (χ0) is 19.1. The van der Waals surface area contributed by atoms with Gasteiger partial charge in [0.1, 0.15) is 5.69 Å². The van der Waals surface area contributed by atoms with Crippen LogP contribution >= 0.6 is 0 Å². The maximum atomic E-state index is 12.2. The highest BCUT2D eigenvalue weighted by atomic mass is 32.2. The Balaban J connectivity index is 1.93. The van der Waals surface area contributed by atoms with Crippen LogP contribution in [0.2, 0.25) is 0 Å². The molecule has 0 radical (unpaired) electrons. The first-order valence-electron chi connectivity index (χ1n) is 7.77. The molecular weight excluding hydrogens is 358 g/mol. The standard InChI is InChI=1S/C16H19N5O4S/c1-11-14(8-17-20(11)4)15-7-12(25-18-15)9-21-10-13(5-6-16(21)22)26(23,24)19(2)3/h5-8,10H,9H2,1-4H3. The van der Waals surface area contributed by atoms with E-state index in [9.17, 15) is 13.2 Å². The van der Waals surface area contributed by atoms with E-state index in [1.54, 1.807) is 16.9 Å². The van der Waals surface area contributed by atoms with Crippen LogP contribution < -0.4 is 5.56 Å². The van der Waals surface area contributed by atoms with Crippen molar-refractivity contribution in [1.29, 1.82) is 0 Å². The second-order valence-corrected chi connectivity index (χ2v) is 8.22. The third-order valence-electron chi connectivity index (χ3n) is 4.13. The number of nitrogens with zero attached hydrogens (tertiary/aromatic N) is 5. The lowest BCUT2D eigenvalue weighted by atomic mass is 10.2. The molecule has 138 valence electrons. The van der Waals surface area contributed by atoms with Crippen LogP contribution in [-0.4, -0.2) is 46.3 Å². The minimum absolute atomic E-state index is 0.0324. The Morgan fingerprint density at radius 2 is 2.00 bits per heavy atom. The lowest BCUT2D eigenvalue weighted by Crippen LogP contribution is -2.26. The number of sulfonamides is 1. The van der Waals surface area contributed by atoms with Crippen molar-refractivity contribution in [1.82, 2.24) is 23.8 Å². The van der Waals surface area contributed by atoms with E-state index in [4.69, 9.17) is 4.52 Å². The summed E-state index contributed by atoms with van der Waals surface area (Å²) in [6, 6.07) is 4.22. The summed E-state index contributed by atoms with van der Waals surface area (Å²) in [5.74, 6) is 0.435. The highest BCUT2D eigenvalue weighted by Gasteiger charge is 2.19. The van der Waals surface area contributed by atoms with Gasteiger partial charge in [-0.3, -0.25) is 9.48 Å². The molecule has 3 aromatic heterocycles. The average molecular weight is 377 g/mol. The van der Waals surface area contributed by atoms with Crippen LogP contribution in [0.4, 0.5) is 0 Å². The molecule has 0 saturated carbocycles. The maximum Gasteiger partial charge on any atom is 0.251 e. The van der Waals surface area contributed by atoms with E-state index >= 15 is 0 Å². The molecule has 0 aromatic carbocycles. The Labute approximate surface area is 150 Å². The van der Waals surface area contributed by atoms with Crippen molar-refractivity contribution in [3.05, 3.63) is 52.4 Å². The molecule has 3 aromatic rings. The molecule has 0 atom stereocenters. The minimum atomic E-state index is -3.63. The van der Waals surface area contributed by atoms with Crippen LogP contribution in [0.3, 0.4) is 0 Å². The summed E-state index contributed by atoms with van der Waals surface area (Å²) < 4.78 is 33.9. The van der Waals surface area contributed by atoms with Crippen molar-refractivity contribution in [2.75, 3.05) is 14.1 Å². The van der Waals surface area contributed by atoms with E-state index in [2.05, 4.69) is 10.3 Å². The monoisotopic (exact) mass is 377 g/mol. The summed E-state index contributed by atoms with van der Waals surface area (Å²) in [5.41, 5.74) is 2.04. The van der Waals surface area contributed by atoms with E-state index in [1.165, 1.54) is 37.0 Å². The van der Waals surface area contributed by atoms with E-state index in [0.717, 1.165) is 15.6 Å². The lowest BCUT2D eigenvalue weighted by molar-refractivity contribution is 0.376. The van der Waals surface area contributed by atoms with Gasteiger partial charge in [0.25, 0.3) is 5.56 Å². The highest BCUT2D eigenvalue weighted by Crippen LogP contribution is 2.22. The molecule has 0 unspecified atom stereocenters. The molecule has 0 N–H and O–H groups in total. The van der Waals surface area contributed by atoms with Crippen molar-refractivity contribution >= 4 is 10.0 Å². The van der Waals surface area contributed by atoms with Crippen LogP contribution in [0.15, 0.2) is 44.8 Å². The first kappa shape index (κ1) is 18.1. The predicted octanol–water partition coefficient (Wildman–Crippen LogP) is 0.844. The molecular formula is C16H19N5O4S. The first-order valence-corrected chi connectivity index (χ1v) is 9.21. The topological polar surface area (TPSA) is 103 Å². The summed E-state index contributed by atoms with van der Waals surface area (Å²) >= 11 is 0. The fourth-order valence-electron chi connectivity index (χ4n) is 2.43. The summed E-state index contributed by atoms with van der Waals surface area (Å²) in [7, 11) is 1.07. The summed E-state index contributed by atoms with van der Waals surface area (Å²) in [6.45, 7) is 1.98. The van der Waals surface area contributed by atoms with Gasteiger partial charge in [0, 0.05) is 50.7 Å². The molecule has 0 aliphatic carbocycles. The normalized spacial score (nSPS) is 12.0. The molecule has 0 aliphatic heterocycles. The van der Waals surface area contributed by atoms with Crippen LogP contribution in [0, 0.1) is 6.92 Å². The number of rotatable bonds is 5. The zero-order valence-electron chi connectivity index (χ0n) is 14.9. The average Bonchev–Trinajstić information content (AvgIpc) is 3.16. The van der Waals surface area contributed by atoms with Crippen LogP contribution in [0.1, 0.15) is 11.5 Å². The van der Waals surface area contributed by atoms with Gasteiger partial charge in [-0.15, -0.1) is 0 Å². The number of aryl methyl sites for hydroxylation is 1. The summed E-state index contributed by atoms with van der Waals surface area (Å²) in [5, 5.41) is 8.18. The van der Waals surface area contributed by atoms with E-state index in [-0.39, 0.29) is 17.0 Å². The number of aromatic nitrogens is 4. The Kier molecular flexibility index (Phi) is 4.55. The molecule has 0 aliphatic rings. The molecule has 10 heteroatoms. The number of hydrogen-bond donors (Lipinski definition) is 0. The predicted molar refractivity (Wildman–Crippen MR) is 94.1 cm³/mol. The van der Waals surface area contributed by atoms with Crippen molar-refractivity contribution in [3.8, 4) is 11.3 Å². The van der Waals surface area contributed by atoms with Gasteiger partial charge in [-0.25, -0.2) is 12.7 Å². The Bertz CT molecular complexity index is 1110. The zero-order valence-corrected chi connectivity index (χ0v) is 15.7. The smallest absolute Gasteiger partial charge is 0.251 e. The number of pyridine rings is 1. The van der Waals surface area contributed by atoms with E-state index in [1.807, 2.05) is 14.0 Å². The Morgan fingerprint density at radius 3 is 2.62 bits per heavy atom. The van der Waals surface area contributed by atoms with Crippen LogP contribution in [-0.2, 0) is 23.6 Å². The van der Waals surface area contributed by atoms with Gasteiger partial charge in [-0.2, -0.15) is 5.10 Å². The van der Waals surface area contributed by atoms with Crippen molar-refractivity contribution in [2.24, 2.45) is 7.05 Å². The molecule has 9 nitrogen and oxygen atoms in total. The molecule has 3 heterocycles. The third kappa shape index (κ3) is 3.20. The molecule has 0 spiro atoms. The maximum absolute atomic E-state index is 12.2.